The Morgan fingerprint density at radius 2 is 2.00 bits per heavy atom. The third-order valence-corrected chi connectivity index (χ3v) is 4.39. The minimum Gasteiger partial charge on any atom is -0.274 e. The maximum atomic E-state index is 11.5. The summed E-state index contributed by atoms with van der Waals surface area (Å²) < 4.78 is 24.4. The average molecular weight is 237 g/mol. The second-order valence-corrected chi connectivity index (χ2v) is 6.51. The first kappa shape index (κ1) is 11.5. The van der Waals surface area contributed by atoms with Crippen molar-refractivity contribution in [2.24, 2.45) is 0 Å². The van der Waals surface area contributed by atoms with E-state index in [1.54, 1.807) is 7.05 Å². The van der Waals surface area contributed by atoms with Crippen LogP contribution in [0.5, 0.6) is 0 Å². The fraction of sp³-hybridized carbons (Fsp3) is 0.455. The molecule has 1 aliphatic rings. The Bertz CT molecular complexity index is 509. The highest BCUT2D eigenvalue weighted by Crippen LogP contribution is 2.39. The fourth-order valence-corrected chi connectivity index (χ4v) is 2.55. The van der Waals surface area contributed by atoms with E-state index in [-0.39, 0.29) is 0 Å². The maximum Gasteiger partial charge on any atom is 0.231 e. The van der Waals surface area contributed by atoms with E-state index in [1.165, 1.54) is 29.0 Å². The van der Waals surface area contributed by atoms with E-state index in [4.69, 9.17) is 0 Å². The highest BCUT2D eigenvalue weighted by atomic mass is 32.2. The predicted octanol–water partition coefficient (Wildman–Crippen LogP) is 0.218. The molecule has 0 aromatic heterocycles. The van der Waals surface area contributed by atoms with Crippen molar-refractivity contribution in [1.82, 2.24) is 0 Å². The molecule has 86 valence electrons. The smallest absolute Gasteiger partial charge is 0.231 e. The highest BCUT2D eigenvalue weighted by molar-refractivity contribution is 7.92. The van der Waals surface area contributed by atoms with Crippen molar-refractivity contribution in [3.8, 4) is 0 Å². The van der Waals surface area contributed by atoms with Crippen LogP contribution in [0.15, 0.2) is 18.2 Å². The molecule has 1 aliphatic carbocycles. The summed E-state index contributed by atoms with van der Waals surface area (Å²) in [6, 6.07) is 5.91. The number of hydrogen-bond donors (Lipinski definition) is 0. The van der Waals surface area contributed by atoms with E-state index in [0.29, 0.717) is 5.92 Å². The van der Waals surface area contributed by atoms with Gasteiger partial charge in [-0.1, -0.05) is 17.6 Å². The third-order valence-electron chi connectivity index (χ3n) is 3.20. The lowest BCUT2D eigenvalue weighted by atomic mass is 9.86. The summed E-state index contributed by atoms with van der Waals surface area (Å²) in [7, 11) is 0.443. The van der Waals surface area contributed by atoms with Crippen molar-refractivity contribution in [3.63, 3.8) is 0 Å². The van der Waals surface area contributed by atoms with Gasteiger partial charge in [-0.3, -0.25) is 4.31 Å². The van der Waals surface area contributed by atoms with Gasteiger partial charge in [-0.2, -0.15) is 0 Å². The van der Waals surface area contributed by atoms with Crippen LogP contribution in [-0.2, 0) is 10.0 Å². The van der Waals surface area contributed by atoms with E-state index >= 15 is 0 Å². The quantitative estimate of drug-likeness (QED) is 0.705. The van der Waals surface area contributed by atoms with Gasteiger partial charge in [0.05, 0.1) is 6.26 Å². The molecule has 1 aromatic rings. The van der Waals surface area contributed by atoms with Crippen LogP contribution in [-0.4, -0.2) is 29.6 Å². The van der Waals surface area contributed by atoms with E-state index in [1.807, 2.05) is 20.0 Å². The molecule has 3 nitrogen and oxygen atoms in total. The normalized spacial score (nSPS) is 16.1. The first-order valence-corrected chi connectivity index (χ1v) is 7.29. The predicted molar refractivity (Wildman–Crippen MR) is 69.8 cm³/mol. The van der Waals surface area contributed by atoms with Crippen molar-refractivity contribution in [3.05, 3.63) is 23.8 Å². The number of sulfonamides is 1. The standard InChI is InChI=1S/C11H16BNO2S/c1-13(16(2,14)15)10-5-3-4-9(11(10)12)8-6-7-8/h3-5,8H,6-7,12H2,1-2H3. The number of benzene rings is 1. The van der Waals surface area contributed by atoms with E-state index < -0.39 is 10.0 Å². The Balaban J connectivity index is 2.45. The number of nitrogens with zero attached hydrogens (tertiary/aromatic N) is 1. The van der Waals surface area contributed by atoms with Crippen LogP contribution >= 0.6 is 0 Å². The lowest BCUT2D eigenvalue weighted by Gasteiger charge is -2.21. The molecule has 16 heavy (non-hydrogen) atoms. The summed E-state index contributed by atoms with van der Waals surface area (Å²) in [5.41, 5.74) is 3.19. The molecule has 0 radical (unpaired) electrons. The van der Waals surface area contributed by atoms with Crippen LogP contribution in [0.25, 0.3) is 0 Å². The SMILES string of the molecule is Bc1c(C2CC2)cccc1N(C)S(C)(=O)=O. The van der Waals surface area contributed by atoms with Crippen LogP contribution in [0, 0.1) is 0 Å². The van der Waals surface area contributed by atoms with Gasteiger partial charge in [0, 0.05) is 12.7 Å². The van der Waals surface area contributed by atoms with Crippen molar-refractivity contribution >= 4 is 29.0 Å². The van der Waals surface area contributed by atoms with Gasteiger partial charge in [0.25, 0.3) is 0 Å². The lowest BCUT2D eigenvalue weighted by molar-refractivity contribution is 0.600. The molecule has 2 rings (SSSR count). The second kappa shape index (κ2) is 3.80. The molecular formula is C11H16BNO2S. The highest BCUT2D eigenvalue weighted by Gasteiger charge is 2.26. The van der Waals surface area contributed by atoms with Crippen molar-refractivity contribution in [2.75, 3.05) is 17.6 Å². The van der Waals surface area contributed by atoms with E-state index in [0.717, 1.165) is 11.2 Å². The van der Waals surface area contributed by atoms with Gasteiger partial charge >= 0.3 is 0 Å². The zero-order valence-electron chi connectivity index (χ0n) is 9.90. The zero-order valence-corrected chi connectivity index (χ0v) is 10.7. The fourth-order valence-electron chi connectivity index (χ4n) is 2.00. The molecule has 0 N–H and O–H groups in total. The molecule has 0 unspecified atom stereocenters. The number of anilines is 1. The molecule has 5 heteroatoms. The molecule has 1 aromatic carbocycles. The monoisotopic (exact) mass is 237 g/mol. The molecule has 0 spiro atoms. The van der Waals surface area contributed by atoms with Gasteiger partial charge in [0.2, 0.25) is 10.0 Å². The first-order chi connectivity index (χ1) is 7.41. The summed E-state index contributed by atoms with van der Waals surface area (Å²) in [5.74, 6) is 0.646. The summed E-state index contributed by atoms with van der Waals surface area (Å²) in [5, 5.41) is 0. The average Bonchev–Trinajstić information content (AvgIpc) is 2.99. The lowest BCUT2D eigenvalue weighted by Crippen LogP contribution is -2.30. The molecule has 1 fully saturated rings. The first-order valence-electron chi connectivity index (χ1n) is 5.44. The van der Waals surface area contributed by atoms with Gasteiger partial charge in [-0.15, -0.1) is 0 Å². The Kier molecular flexibility index (Phi) is 2.74. The van der Waals surface area contributed by atoms with Crippen LogP contribution in [0.4, 0.5) is 5.69 Å². The molecule has 0 amide bonds. The molecule has 0 saturated heterocycles. The summed E-state index contributed by atoms with van der Waals surface area (Å²) in [6.07, 6.45) is 3.69. The van der Waals surface area contributed by atoms with E-state index in [9.17, 15) is 8.42 Å². The summed E-state index contributed by atoms with van der Waals surface area (Å²) in [4.78, 5) is 0. The van der Waals surface area contributed by atoms with Gasteiger partial charge in [0.15, 0.2) is 0 Å². The molecular weight excluding hydrogens is 221 g/mol. The van der Waals surface area contributed by atoms with E-state index in [2.05, 4.69) is 6.07 Å². The summed E-state index contributed by atoms with van der Waals surface area (Å²) >= 11 is 0. The van der Waals surface area contributed by atoms with Crippen molar-refractivity contribution in [2.45, 2.75) is 18.8 Å². The molecule has 0 aliphatic heterocycles. The minimum atomic E-state index is -3.17. The van der Waals surface area contributed by atoms with Crippen LogP contribution in [0.3, 0.4) is 0 Å². The number of rotatable bonds is 3. The third kappa shape index (κ3) is 2.09. The molecule has 0 bridgehead atoms. The molecule has 0 heterocycles. The summed E-state index contributed by atoms with van der Waals surface area (Å²) in [6.45, 7) is 0. The Hall–Kier alpha value is -0.965. The van der Waals surface area contributed by atoms with Gasteiger partial charge < -0.3 is 0 Å². The number of hydrogen-bond acceptors (Lipinski definition) is 2. The van der Waals surface area contributed by atoms with Crippen LogP contribution < -0.4 is 9.77 Å². The largest absolute Gasteiger partial charge is 0.274 e. The molecule has 1 saturated carbocycles. The van der Waals surface area contributed by atoms with Crippen LogP contribution in [0.2, 0.25) is 0 Å². The van der Waals surface area contributed by atoms with Crippen molar-refractivity contribution < 1.29 is 8.42 Å². The topological polar surface area (TPSA) is 37.4 Å². The molecule has 0 atom stereocenters. The Labute approximate surface area is 97.9 Å². The van der Waals surface area contributed by atoms with Crippen molar-refractivity contribution in [1.29, 1.82) is 0 Å². The second-order valence-electron chi connectivity index (χ2n) is 4.50. The van der Waals surface area contributed by atoms with Gasteiger partial charge in [-0.25, -0.2) is 8.42 Å². The minimum absolute atomic E-state index is 0.646. The van der Waals surface area contributed by atoms with Gasteiger partial charge in [0.1, 0.15) is 7.85 Å². The Morgan fingerprint density at radius 3 is 2.50 bits per heavy atom. The van der Waals surface area contributed by atoms with Gasteiger partial charge in [-0.05, 0) is 30.4 Å². The zero-order chi connectivity index (χ0) is 11.9. The maximum absolute atomic E-state index is 11.5. The van der Waals surface area contributed by atoms with Crippen LogP contribution in [0.1, 0.15) is 24.3 Å². The Morgan fingerprint density at radius 1 is 1.38 bits per heavy atom.